The molecular weight excluding hydrogens is 390 g/mol. The SMILES string of the molecule is CCOC(=O)[C@H](CO)C[C@@H](Cc1ccc(-c2ccccc2)cc1)NC(=O)CC(C)(C)C. The monoisotopic (exact) mass is 425 g/mol. The molecule has 0 aromatic heterocycles. The molecule has 2 aromatic carbocycles. The maximum atomic E-state index is 12.6. The standard InChI is InChI=1S/C26H35NO4/c1-5-31-25(30)22(18-28)16-23(27-24(29)17-26(2,3)4)15-19-11-13-21(14-12-19)20-9-7-6-8-10-20/h6-14,22-23,28H,5,15-18H2,1-4H3,(H,27,29)/t22-,23+/m0/s1. The number of hydrogen-bond acceptors (Lipinski definition) is 4. The Morgan fingerprint density at radius 1 is 1.00 bits per heavy atom. The van der Waals surface area contributed by atoms with Crippen LogP contribution >= 0.6 is 0 Å². The molecule has 0 saturated carbocycles. The van der Waals surface area contributed by atoms with Crippen LogP contribution in [0, 0.1) is 11.3 Å². The summed E-state index contributed by atoms with van der Waals surface area (Å²) in [6.45, 7) is 7.73. The van der Waals surface area contributed by atoms with Crippen molar-refractivity contribution in [2.45, 2.75) is 53.0 Å². The molecule has 0 spiro atoms. The molecule has 0 saturated heterocycles. The maximum absolute atomic E-state index is 12.6. The minimum Gasteiger partial charge on any atom is -0.466 e. The first kappa shape index (κ1) is 24.6. The Morgan fingerprint density at radius 3 is 2.16 bits per heavy atom. The van der Waals surface area contributed by atoms with Crippen molar-refractivity contribution in [3.05, 3.63) is 60.2 Å². The van der Waals surface area contributed by atoms with Crippen molar-refractivity contribution in [2.24, 2.45) is 11.3 Å². The first-order valence-electron chi connectivity index (χ1n) is 10.9. The van der Waals surface area contributed by atoms with Crippen molar-refractivity contribution in [3.63, 3.8) is 0 Å². The zero-order chi connectivity index (χ0) is 22.9. The predicted molar refractivity (Wildman–Crippen MR) is 123 cm³/mol. The minimum atomic E-state index is -0.663. The molecule has 2 rings (SSSR count). The second kappa shape index (κ2) is 11.7. The van der Waals surface area contributed by atoms with Gasteiger partial charge >= 0.3 is 5.97 Å². The molecule has 0 aliphatic heterocycles. The summed E-state index contributed by atoms with van der Waals surface area (Å²) in [4.78, 5) is 24.8. The number of amides is 1. The minimum absolute atomic E-state index is 0.0565. The largest absolute Gasteiger partial charge is 0.466 e. The van der Waals surface area contributed by atoms with E-state index >= 15 is 0 Å². The van der Waals surface area contributed by atoms with E-state index < -0.39 is 11.9 Å². The molecule has 0 heterocycles. The number of carbonyl (C=O) groups excluding carboxylic acids is 2. The van der Waals surface area contributed by atoms with Crippen LogP contribution in [0.4, 0.5) is 0 Å². The van der Waals surface area contributed by atoms with Crippen molar-refractivity contribution >= 4 is 11.9 Å². The number of carbonyl (C=O) groups is 2. The smallest absolute Gasteiger partial charge is 0.311 e. The molecule has 2 atom stereocenters. The Balaban J connectivity index is 2.14. The molecular formula is C26H35NO4. The molecule has 0 radical (unpaired) electrons. The quantitative estimate of drug-likeness (QED) is 0.554. The molecule has 0 aliphatic carbocycles. The maximum Gasteiger partial charge on any atom is 0.311 e. The molecule has 31 heavy (non-hydrogen) atoms. The van der Waals surface area contributed by atoms with Gasteiger partial charge in [-0.3, -0.25) is 9.59 Å². The highest BCUT2D eigenvalue weighted by Crippen LogP contribution is 2.22. The van der Waals surface area contributed by atoms with Crippen molar-refractivity contribution in [2.75, 3.05) is 13.2 Å². The topological polar surface area (TPSA) is 75.6 Å². The number of aliphatic hydroxyl groups is 1. The second-order valence-corrected chi connectivity index (χ2v) is 9.14. The van der Waals surface area contributed by atoms with Gasteiger partial charge in [0.2, 0.25) is 5.91 Å². The van der Waals surface area contributed by atoms with Crippen LogP contribution in [0.1, 0.15) is 46.1 Å². The second-order valence-electron chi connectivity index (χ2n) is 9.14. The molecule has 0 bridgehead atoms. The van der Waals surface area contributed by atoms with Crippen LogP contribution in [0.2, 0.25) is 0 Å². The van der Waals surface area contributed by atoms with E-state index in [-0.39, 0.29) is 30.6 Å². The molecule has 2 N–H and O–H groups in total. The van der Waals surface area contributed by atoms with E-state index in [0.717, 1.165) is 16.7 Å². The number of aliphatic hydroxyl groups excluding tert-OH is 1. The zero-order valence-electron chi connectivity index (χ0n) is 19.1. The highest BCUT2D eigenvalue weighted by Gasteiger charge is 2.26. The summed E-state index contributed by atoms with van der Waals surface area (Å²) >= 11 is 0. The number of benzene rings is 2. The summed E-state index contributed by atoms with van der Waals surface area (Å²) < 4.78 is 5.08. The fourth-order valence-corrected chi connectivity index (χ4v) is 3.55. The molecule has 5 heteroatoms. The average molecular weight is 426 g/mol. The number of nitrogens with one attached hydrogen (secondary N) is 1. The Bertz CT molecular complexity index is 825. The molecule has 0 aliphatic rings. The van der Waals surface area contributed by atoms with E-state index in [9.17, 15) is 14.7 Å². The average Bonchev–Trinajstić information content (AvgIpc) is 2.71. The van der Waals surface area contributed by atoms with Crippen molar-refractivity contribution in [1.29, 1.82) is 0 Å². The summed E-state index contributed by atoms with van der Waals surface area (Å²) in [5.41, 5.74) is 3.19. The fourth-order valence-electron chi connectivity index (χ4n) is 3.55. The van der Waals surface area contributed by atoms with Gasteiger partial charge in [-0.15, -0.1) is 0 Å². The first-order chi connectivity index (χ1) is 14.7. The lowest BCUT2D eigenvalue weighted by Crippen LogP contribution is -2.41. The van der Waals surface area contributed by atoms with Crippen LogP contribution in [0.25, 0.3) is 11.1 Å². The van der Waals surface area contributed by atoms with Gasteiger partial charge in [0, 0.05) is 12.5 Å². The highest BCUT2D eigenvalue weighted by molar-refractivity contribution is 5.77. The van der Waals surface area contributed by atoms with Crippen molar-refractivity contribution in [3.8, 4) is 11.1 Å². The molecule has 168 valence electrons. The third-order valence-electron chi connectivity index (χ3n) is 5.01. The third kappa shape index (κ3) is 8.54. The first-order valence-corrected chi connectivity index (χ1v) is 10.9. The summed E-state index contributed by atoms with van der Waals surface area (Å²) in [6.07, 6.45) is 1.28. The van der Waals surface area contributed by atoms with Crippen LogP contribution in [-0.2, 0) is 20.7 Å². The van der Waals surface area contributed by atoms with Crippen LogP contribution in [0.3, 0.4) is 0 Å². The van der Waals surface area contributed by atoms with Gasteiger partial charge in [-0.25, -0.2) is 0 Å². The number of esters is 1. The Hall–Kier alpha value is -2.66. The number of ether oxygens (including phenoxy) is 1. The van der Waals surface area contributed by atoms with E-state index in [2.05, 4.69) is 29.6 Å². The van der Waals surface area contributed by atoms with E-state index in [0.29, 0.717) is 19.3 Å². The van der Waals surface area contributed by atoms with Crippen molar-refractivity contribution in [1.82, 2.24) is 5.32 Å². The van der Waals surface area contributed by atoms with Gasteiger partial charge in [-0.05, 0) is 41.9 Å². The summed E-state index contributed by atoms with van der Waals surface area (Å²) in [6, 6.07) is 18.1. The predicted octanol–water partition coefficient (Wildman–Crippen LogP) is 4.38. The van der Waals surface area contributed by atoms with Gasteiger partial charge in [-0.2, -0.15) is 0 Å². The number of hydrogen-bond donors (Lipinski definition) is 2. The Kier molecular flexibility index (Phi) is 9.25. The lowest BCUT2D eigenvalue weighted by molar-refractivity contribution is -0.150. The summed E-state index contributed by atoms with van der Waals surface area (Å²) in [7, 11) is 0. The van der Waals surface area contributed by atoms with E-state index in [1.165, 1.54) is 0 Å². The van der Waals surface area contributed by atoms with Crippen LogP contribution in [0.5, 0.6) is 0 Å². The van der Waals surface area contributed by atoms with Gasteiger partial charge in [0.05, 0.1) is 19.1 Å². The van der Waals surface area contributed by atoms with Crippen LogP contribution in [-0.4, -0.2) is 36.2 Å². The Labute approximate surface area is 185 Å². The molecule has 0 fully saturated rings. The molecule has 5 nitrogen and oxygen atoms in total. The van der Waals surface area contributed by atoms with Gasteiger partial charge in [-0.1, -0.05) is 75.4 Å². The van der Waals surface area contributed by atoms with Crippen molar-refractivity contribution < 1.29 is 19.4 Å². The fraction of sp³-hybridized carbons (Fsp3) is 0.462. The molecule has 1 amide bonds. The van der Waals surface area contributed by atoms with E-state index in [4.69, 9.17) is 4.74 Å². The van der Waals surface area contributed by atoms with Gasteiger partial charge in [0.1, 0.15) is 0 Å². The van der Waals surface area contributed by atoms with Gasteiger partial charge < -0.3 is 15.2 Å². The Morgan fingerprint density at radius 2 is 1.61 bits per heavy atom. The van der Waals surface area contributed by atoms with Gasteiger partial charge in [0.25, 0.3) is 0 Å². The highest BCUT2D eigenvalue weighted by atomic mass is 16.5. The lowest BCUT2D eigenvalue weighted by Gasteiger charge is -2.25. The zero-order valence-corrected chi connectivity index (χ0v) is 19.1. The normalized spacial score (nSPS) is 13.3. The van der Waals surface area contributed by atoms with Crippen LogP contribution < -0.4 is 5.32 Å². The lowest BCUT2D eigenvalue weighted by atomic mass is 9.90. The number of rotatable bonds is 10. The van der Waals surface area contributed by atoms with Gasteiger partial charge in [0.15, 0.2) is 0 Å². The summed E-state index contributed by atoms with van der Waals surface area (Å²) in [5, 5.41) is 12.8. The molecule has 0 unspecified atom stereocenters. The van der Waals surface area contributed by atoms with E-state index in [1.807, 2.05) is 51.1 Å². The third-order valence-corrected chi connectivity index (χ3v) is 5.01. The van der Waals surface area contributed by atoms with Crippen LogP contribution in [0.15, 0.2) is 54.6 Å². The molecule has 2 aromatic rings. The van der Waals surface area contributed by atoms with E-state index in [1.54, 1.807) is 6.92 Å². The summed E-state index contributed by atoms with van der Waals surface area (Å²) in [5.74, 6) is -1.15.